The molecule has 152 valence electrons. The lowest BCUT2D eigenvalue weighted by atomic mass is 10.1. The molecule has 3 aromatic rings. The largest absolute Gasteiger partial charge is 0.339 e. The molecule has 2 aromatic heterocycles. The van der Waals surface area contributed by atoms with Crippen LogP contribution in [0.25, 0.3) is 11.0 Å². The number of hydrogen-bond acceptors (Lipinski definition) is 5. The number of nitrogens with zero attached hydrogens (tertiary/aromatic N) is 5. The summed E-state index contributed by atoms with van der Waals surface area (Å²) in [6.45, 7) is 8.26. The molecule has 1 aliphatic rings. The van der Waals surface area contributed by atoms with Gasteiger partial charge in [0.25, 0.3) is 11.5 Å². The van der Waals surface area contributed by atoms with E-state index in [4.69, 9.17) is 11.6 Å². The maximum Gasteiger partial charge on any atom is 0.263 e. The van der Waals surface area contributed by atoms with Gasteiger partial charge in [-0.2, -0.15) is 10.1 Å². The summed E-state index contributed by atoms with van der Waals surface area (Å²) in [5.41, 5.74) is 0.640. The van der Waals surface area contributed by atoms with Gasteiger partial charge in [0, 0.05) is 36.8 Å². The summed E-state index contributed by atoms with van der Waals surface area (Å²) in [6, 6.07) is 6.96. The van der Waals surface area contributed by atoms with Crippen molar-refractivity contribution in [1.82, 2.24) is 24.6 Å². The molecule has 3 heterocycles. The Morgan fingerprint density at radius 3 is 2.55 bits per heavy atom. The van der Waals surface area contributed by atoms with Gasteiger partial charge in [-0.3, -0.25) is 14.6 Å². The number of amides is 1. The van der Waals surface area contributed by atoms with Crippen LogP contribution in [0.1, 0.15) is 31.1 Å². The number of carbonyl (C=O) groups excluding carboxylic acids is 1. The Labute approximate surface area is 173 Å². The number of halogens is 1. The van der Waals surface area contributed by atoms with Crippen molar-refractivity contribution in [3.05, 3.63) is 51.4 Å². The van der Waals surface area contributed by atoms with Gasteiger partial charge in [0.15, 0.2) is 5.65 Å². The number of hydrogen-bond donors (Lipinski definition) is 1. The van der Waals surface area contributed by atoms with Gasteiger partial charge in [-0.1, -0.05) is 17.7 Å². The number of piperazine rings is 1. The Bertz CT molecular complexity index is 1120. The van der Waals surface area contributed by atoms with E-state index in [1.807, 2.05) is 25.7 Å². The third-order valence-corrected chi connectivity index (χ3v) is 5.23. The van der Waals surface area contributed by atoms with Crippen LogP contribution >= 0.6 is 11.6 Å². The normalized spacial score (nSPS) is 15.2. The maximum absolute atomic E-state index is 12.7. The molecule has 1 aromatic carbocycles. The highest BCUT2D eigenvalue weighted by Gasteiger charge is 2.25. The first kappa shape index (κ1) is 19.4. The van der Waals surface area contributed by atoms with Crippen LogP contribution in [0.15, 0.2) is 35.3 Å². The SMILES string of the molecule is CC(C)(C)n1ncc2c(=O)[nH]c(N3CCN(C(=O)c4cccc(Cl)c4)CC3)nc21. The molecule has 0 saturated carbocycles. The molecule has 1 amide bonds. The van der Waals surface area contributed by atoms with Gasteiger partial charge < -0.3 is 9.80 Å². The van der Waals surface area contributed by atoms with E-state index in [1.54, 1.807) is 40.0 Å². The van der Waals surface area contributed by atoms with Gasteiger partial charge >= 0.3 is 0 Å². The molecule has 1 aliphatic heterocycles. The van der Waals surface area contributed by atoms with Crippen molar-refractivity contribution in [2.45, 2.75) is 26.3 Å². The Kier molecular flexibility index (Phi) is 4.82. The van der Waals surface area contributed by atoms with E-state index in [9.17, 15) is 9.59 Å². The van der Waals surface area contributed by atoms with Crippen LogP contribution in [0.5, 0.6) is 0 Å². The minimum atomic E-state index is -0.290. The van der Waals surface area contributed by atoms with Gasteiger partial charge in [-0.05, 0) is 39.0 Å². The van der Waals surface area contributed by atoms with E-state index >= 15 is 0 Å². The van der Waals surface area contributed by atoms with Crippen LogP contribution in [0.4, 0.5) is 5.95 Å². The van der Waals surface area contributed by atoms with Crippen LogP contribution in [0.2, 0.25) is 5.02 Å². The third-order valence-electron chi connectivity index (χ3n) is 5.00. The van der Waals surface area contributed by atoms with Crippen LogP contribution < -0.4 is 10.5 Å². The molecule has 1 saturated heterocycles. The second-order valence-corrected chi connectivity index (χ2v) is 8.58. The first-order valence-corrected chi connectivity index (χ1v) is 9.90. The van der Waals surface area contributed by atoms with E-state index in [-0.39, 0.29) is 17.0 Å². The summed E-state index contributed by atoms with van der Waals surface area (Å²) in [6.07, 6.45) is 1.55. The fraction of sp³-hybridized carbons (Fsp3) is 0.400. The predicted molar refractivity (Wildman–Crippen MR) is 113 cm³/mol. The van der Waals surface area contributed by atoms with Crippen LogP contribution in [-0.2, 0) is 5.54 Å². The van der Waals surface area contributed by atoms with Gasteiger partial charge in [0.2, 0.25) is 5.95 Å². The molecular formula is C20H23ClN6O2. The van der Waals surface area contributed by atoms with Gasteiger partial charge in [-0.25, -0.2) is 4.68 Å². The minimum Gasteiger partial charge on any atom is -0.339 e. The molecule has 9 heteroatoms. The highest BCUT2D eigenvalue weighted by atomic mass is 35.5. The van der Waals surface area contributed by atoms with Gasteiger partial charge in [-0.15, -0.1) is 0 Å². The van der Waals surface area contributed by atoms with Crippen molar-refractivity contribution in [3.8, 4) is 0 Å². The number of aromatic nitrogens is 4. The second kappa shape index (κ2) is 7.18. The first-order chi connectivity index (χ1) is 13.7. The van der Waals surface area contributed by atoms with E-state index in [0.29, 0.717) is 53.7 Å². The number of rotatable bonds is 2. The number of benzene rings is 1. The average molecular weight is 415 g/mol. The van der Waals surface area contributed by atoms with Crippen molar-refractivity contribution in [2.24, 2.45) is 0 Å². The number of nitrogens with one attached hydrogen (secondary N) is 1. The maximum atomic E-state index is 12.7. The van der Waals surface area contributed by atoms with Crippen molar-refractivity contribution in [1.29, 1.82) is 0 Å². The Morgan fingerprint density at radius 1 is 1.17 bits per heavy atom. The summed E-state index contributed by atoms with van der Waals surface area (Å²) >= 11 is 6.00. The van der Waals surface area contributed by atoms with E-state index in [1.165, 1.54) is 0 Å². The summed E-state index contributed by atoms with van der Waals surface area (Å²) in [4.78, 5) is 36.5. The molecule has 4 rings (SSSR count). The zero-order valence-corrected chi connectivity index (χ0v) is 17.4. The highest BCUT2D eigenvalue weighted by Crippen LogP contribution is 2.21. The third kappa shape index (κ3) is 3.72. The average Bonchev–Trinajstić information content (AvgIpc) is 3.13. The van der Waals surface area contributed by atoms with Crippen molar-refractivity contribution in [3.63, 3.8) is 0 Å². The molecule has 0 spiro atoms. The monoisotopic (exact) mass is 414 g/mol. The summed E-state index contributed by atoms with van der Waals surface area (Å²) < 4.78 is 1.76. The summed E-state index contributed by atoms with van der Waals surface area (Å²) in [5, 5.41) is 5.35. The Morgan fingerprint density at radius 2 is 1.90 bits per heavy atom. The first-order valence-electron chi connectivity index (χ1n) is 9.52. The van der Waals surface area contributed by atoms with Gasteiger partial charge in [0.05, 0.1) is 11.7 Å². The molecule has 0 atom stereocenters. The lowest BCUT2D eigenvalue weighted by Crippen LogP contribution is -2.49. The lowest BCUT2D eigenvalue weighted by Gasteiger charge is -2.35. The number of anilines is 1. The van der Waals surface area contributed by atoms with Crippen LogP contribution in [0, 0.1) is 0 Å². The van der Waals surface area contributed by atoms with Crippen LogP contribution in [0.3, 0.4) is 0 Å². The second-order valence-electron chi connectivity index (χ2n) is 8.14. The highest BCUT2D eigenvalue weighted by molar-refractivity contribution is 6.30. The number of fused-ring (bicyclic) bond motifs is 1. The van der Waals surface area contributed by atoms with E-state index < -0.39 is 0 Å². The van der Waals surface area contributed by atoms with Crippen molar-refractivity contribution in [2.75, 3.05) is 31.1 Å². The fourth-order valence-electron chi connectivity index (χ4n) is 3.47. The minimum absolute atomic E-state index is 0.0464. The molecule has 0 aliphatic carbocycles. The predicted octanol–water partition coefficient (Wildman–Crippen LogP) is 2.49. The molecular weight excluding hydrogens is 392 g/mol. The smallest absolute Gasteiger partial charge is 0.263 e. The molecule has 0 unspecified atom stereocenters. The topological polar surface area (TPSA) is 87.1 Å². The zero-order valence-electron chi connectivity index (χ0n) is 16.6. The number of aromatic amines is 1. The molecule has 1 N–H and O–H groups in total. The molecule has 29 heavy (non-hydrogen) atoms. The Hall–Kier alpha value is -2.87. The van der Waals surface area contributed by atoms with Crippen LogP contribution in [-0.4, -0.2) is 56.7 Å². The molecule has 0 radical (unpaired) electrons. The number of carbonyl (C=O) groups is 1. The standard InChI is InChI=1S/C20H23ClN6O2/c1-20(2,3)27-16-15(12-22-27)17(28)24-19(23-16)26-9-7-25(8-10-26)18(29)13-5-4-6-14(21)11-13/h4-6,11-12H,7-10H2,1-3H3,(H,23,24,28). The lowest BCUT2D eigenvalue weighted by molar-refractivity contribution is 0.0746. The molecule has 0 bridgehead atoms. The van der Waals surface area contributed by atoms with Gasteiger partial charge in [0.1, 0.15) is 5.39 Å². The quantitative estimate of drug-likeness (QED) is 0.696. The molecule has 8 nitrogen and oxygen atoms in total. The van der Waals surface area contributed by atoms with E-state index in [2.05, 4.69) is 15.1 Å². The van der Waals surface area contributed by atoms with Crippen molar-refractivity contribution >= 4 is 34.5 Å². The van der Waals surface area contributed by atoms with Crippen molar-refractivity contribution < 1.29 is 4.79 Å². The zero-order chi connectivity index (χ0) is 20.8. The summed E-state index contributed by atoms with van der Waals surface area (Å²) in [5.74, 6) is 0.457. The number of H-pyrrole nitrogens is 1. The fourth-order valence-corrected chi connectivity index (χ4v) is 3.66. The van der Waals surface area contributed by atoms with E-state index in [0.717, 1.165) is 0 Å². The molecule has 1 fully saturated rings. The summed E-state index contributed by atoms with van der Waals surface area (Å²) in [7, 11) is 0. The Balaban J connectivity index is 1.55.